The summed E-state index contributed by atoms with van der Waals surface area (Å²) in [6, 6.07) is 11.4. The smallest absolute Gasteiger partial charge is 0.276 e. The zero-order chi connectivity index (χ0) is 22.0. The first-order chi connectivity index (χ1) is 14.9. The number of benzene rings is 1. The Labute approximate surface area is 181 Å². The number of piperidine rings is 1. The Bertz CT molecular complexity index is 949. The van der Waals surface area contributed by atoms with E-state index in [1.54, 1.807) is 22.8 Å². The number of nitrogens with zero attached hydrogens (tertiary/aromatic N) is 3. The Hall–Kier alpha value is -3.16. The fourth-order valence-corrected chi connectivity index (χ4v) is 4.37. The van der Waals surface area contributed by atoms with Gasteiger partial charge in [-0.15, -0.1) is 0 Å². The monoisotopic (exact) mass is 424 g/mol. The minimum absolute atomic E-state index is 0.00583. The molecule has 8 heteroatoms. The van der Waals surface area contributed by atoms with Crippen LogP contribution in [0, 0.1) is 12.8 Å². The van der Waals surface area contributed by atoms with Gasteiger partial charge in [0.25, 0.3) is 5.91 Å². The Balaban J connectivity index is 1.27. The van der Waals surface area contributed by atoms with Crippen molar-refractivity contribution in [2.24, 2.45) is 5.92 Å². The molecule has 2 aliphatic rings. The van der Waals surface area contributed by atoms with Gasteiger partial charge in [0.1, 0.15) is 5.76 Å². The molecule has 0 radical (unpaired) electrons. The van der Waals surface area contributed by atoms with Crippen molar-refractivity contribution < 1.29 is 18.9 Å². The molecule has 3 amide bonds. The number of carbonyl (C=O) groups is 3. The van der Waals surface area contributed by atoms with Gasteiger partial charge in [-0.3, -0.25) is 14.4 Å². The van der Waals surface area contributed by atoms with Crippen LogP contribution in [0.4, 0.5) is 0 Å². The first kappa shape index (κ1) is 21.1. The number of likely N-dealkylation sites (tertiary alicyclic amines) is 2. The lowest BCUT2D eigenvalue weighted by Crippen LogP contribution is -2.48. The molecular weight excluding hydrogens is 396 g/mol. The van der Waals surface area contributed by atoms with Crippen molar-refractivity contribution in [3.05, 3.63) is 53.4 Å². The summed E-state index contributed by atoms with van der Waals surface area (Å²) >= 11 is 0. The number of hydrogen-bond donors (Lipinski definition) is 1. The molecule has 0 spiro atoms. The van der Waals surface area contributed by atoms with Gasteiger partial charge in [0.2, 0.25) is 11.8 Å². The summed E-state index contributed by atoms with van der Waals surface area (Å²) in [7, 11) is 0. The molecule has 3 heterocycles. The van der Waals surface area contributed by atoms with Crippen LogP contribution in [0.3, 0.4) is 0 Å². The van der Waals surface area contributed by atoms with Gasteiger partial charge >= 0.3 is 0 Å². The summed E-state index contributed by atoms with van der Waals surface area (Å²) in [5.41, 5.74) is 1.38. The summed E-state index contributed by atoms with van der Waals surface area (Å²) in [4.78, 5) is 41.4. The van der Waals surface area contributed by atoms with Crippen LogP contribution in [-0.4, -0.2) is 58.4 Å². The number of nitrogens with one attached hydrogen (secondary N) is 1. The molecule has 2 saturated heterocycles. The van der Waals surface area contributed by atoms with E-state index in [4.69, 9.17) is 4.52 Å². The number of amides is 3. The Morgan fingerprint density at radius 2 is 1.90 bits per heavy atom. The molecule has 2 fully saturated rings. The number of hydrogen-bond acceptors (Lipinski definition) is 5. The lowest BCUT2D eigenvalue weighted by atomic mass is 10.0. The average molecular weight is 425 g/mol. The second-order valence-electron chi connectivity index (χ2n) is 8.43. The van der Waals surface area contributed by atoms with Crippen molar-refractivity contribution in [2.75, 3.05) is 19.6 Å². The highest BCUT2D eigenvalue weighted by molar-refractivity contribution is 5.92. The van der Waals surface area contributed by atoms with Crippen LogP contribution < -0.4 is 5.32 Å². The molecule has 1 aromatic carbocycles. The van der Waals surface area contributed by atoms with Gasteiger partial charge in [-0.25, -0.2) is 0 Å². The number of aryl methyl sites for hydroxylation is 1. The van der Waals surface area contributed by atoms with E-state index in [1.165, 1.54) is 0 Å². The molecule has 1 aromatic heterocycles. The molecular formula is C23H28N4O4. The average Bonchev–Trinajstić information content (AvgIpc) is 3.39. The summed E-state index contributed by atoms with van der Waals surface area (Å²) in [5, 5.41) is 6.88. The van der Waals surface area contributed by atoms with E-state index in [1.807, 2.05) is 37.3 Å². The maximum atomic E-state index is 12.8. The topological polar surface area (TPSA) is 95.8 Å². The highest BCUT2D eigenvalue weighted by atomic mass is 16.5. The zero-order valence-corrected chi connectivity index (χ0v) is 17.9. The Morgan fingerprint density at radius 1 is 1.19 bits per heavy atom. The fourth-order valence-electron chi connectivity index (χ4n) is 4.37. The summed E-state index contributed by atoms with van der Waals surface area (Å²) in [5.74, 6) is 0.0602. The van der Waals surface area contributed by atoms with Gasteiger partial charge in [-0.1, -0.05) is 35.5 Å². The first-order valence-electron chi connectivity index (χ1n) is 10.8. The molecule has 2 unspecified atom stereocenters. The lowest BCUT2D eigenvalue weighted by molar-refractivity contribution is -0.130. The number of carbonyl (C=O) groups excluding carboxylic acids is 3. The van der Waals surface area contributed by atoms with Crippen molar-refractivity contribution in [1.82, 2.24) is 20.3 Å². The van der Waals surface area contributed by atoms with Gasteiger partial charge in [0.15, 0.2) is 5.69 Å². The Morgan fingerprint density at radius 3 is 2.55 bits per heavy atom. The third kappa shape index (κ3) is 4.62. The van der Waals surface area contributed by atoms with Crippen molar-refractivity contribution in [3.63, 3.8) is 0 Å². The van der Waals surface area contributed by atoms with Gasteiger partial charge in [0, 0.05) is 38.2 Å². The van der Waals surface area contributed by atoms with Gasteiger partial charge < -0.3 is 19.6 Å². The molecule has 2 aliphatic heterocycles. The first-order valence-corrected chi connectivity index (χ1v) is 10.8. The van der Waals surface area contributed by atoms with Crippen molar-refractivity contribution >= 4 is 17.7 Å². The minimum atomic E-state index is -0.337. The van der Waals surface area contributed by atoms with E-state index >= 15 is 0 Å². The molecule has 1 N–H and O–H groups in total. The molecule has 0 saturated carbocycles. The predicted octanol–water partition coefficient (Wildman–Crippen LogP) is 2.31. The fraction of sp³-hybridized carbons (Fsp3) is 0.478. The predicted molar refractivity (Wildman–Crippen MR) is 113 cm³/mol. The van der Waals surface area contributed by atoms with Crippen LogP contribution in [0.15, 0.2) is 40.9 Å². The third-order valence-corrected chi connectivity index (χ3v) is 6.25. The molecule has 4 rings (SSSR count). The van der Waals surface area contributed by atoms with E-state index in [0.29, 0.717) is 43.9 Å². The van der Waals surface area contributed by atoms with Crippen LogP contribution in [-0.2, 0) is 9.59 Å². The normalized spacial score (nSPS) is 20.7. The van der Waals surface area contributed by atoms with E-state index in [9.17, 15) is 14.4 Å². The standard InChI is InChI=1S/C23H28N4O4/c1-15-12-20(25-31-15)23(30)26-10-8-19(9-11-26)24-22(29)18-13-21(28)27(14-18)16(2)17-6-4-3-5-7-17/h3-7,12,16,18-19H,8-11,13-14H2,1-2H3,(H,24,29). The van der Waals surface area contributed by atoms with Crippen LogP contribution in [0.5, 0.6) is 0 Å². The van der Waals surface area contributed by atoms with Gasteiger partial charge in [0.05, 0.1) is 12.0 Å². The van der Waals surface area contributed by atoms with Crippen LogP contribution in [0.1, 0.15) is 54.0 Å². The number of aromatic nitrogens is 1. The van der Waals surface area contributed by atoms with Gasteiger partial charge in [-0.2, -0.15) is 0 Å². The van der Waals surface area contributed by atoms with Crippen molar-refractivity contribution in [1.29, 1.82) is 0 Å². The summed E-state index contributed by atoms with van der Waals surface area (Å²) in [6.07, 6.45) is 1.60. The molecule has 31 heavy (non-hydrogen) atoms. The number of rotatable bonds is 5. The van der Waals surface area contributed by atoms with E-state index < -0.39 is 0 Å². The zero-order valence-electron chi connectivity index (χ0n) is 17.9. The van der Waals surface area contributed by atoms with E-state index in [2.05, 4.69) is 10.5 Å². The van der Waals surface area contributed by atoms with E-state index in [0.717, 1.165) is 5.56 Å². The molecule has 164 valence electrons. The quantitative estimate of drug-likeness (QED) is 0.795. The van der Waals surface area contributed by atoms with Crippen molar-refractivity contribution in [3.8, 4) is 0 Å². The highest BCUT2D eigenvalue weighted by Gasteiger charge is 2.38. The van der Waals surface area contributed by atoms with E-state index in [-0.39, 0.29) is 42.1 Å². The van der Waals surface area contributed by atoms with Gasteiger partial charge in [-0.05, 0) is 32.3 Å². The SMILES string of the molecule is Cc1cc(C(=O)N2CCC(NC(=O)C3CC(=O)N(C(C)c4ccccc4)C3)CC2)no1. The third-order valence-electron chi connectivity index (χ3n) is 6.25. The summed E-state index contributed by atoms with van der Waals surface area (Å²) in [6.45, 7) is 5.29. The van der Waals surface area contributed by atoms with Crippen LogP contribution in [0.2, 0.25) is 0 Å². The largest absolute Gasteiger partial charge is 0.361 e. The molecule has 2 atom stereocenters. The maximum absolute atomic E-state index is 12.8. The Kier molecular flexibility index (Phi) is 6.06. The van der Waals surface area contributed by atoms with Crippen LogP contribution in [0.25, 0.3) is 0 Å². The van der Waals surface area contributed by atoms with Crippen LogP contribution >= 0.6 is 0 Å². The molecule has 0 bridgehead atoms. The molecule has 0 aliphatic carbocycles. The second-order valence-corrected chi connectivity index (χ2v) is 8.43. The second kappa shape index (κ2) is 8.91. The minimum Gasteiger partial charge on any atom is -0.361 e. The highest BCUT2D eigenvalue weighted by Crippen LogP contribution is 2.28. The molecule has 2 aromatic rings. The summed E-state index contributed by atoms with van der Waals surface area (Å²) < 4.78 is 4.98. The molecule has 8 nitrogen and oxygen atoms in total. The maximum Gasteiger partial charge on any atom is 0.276 e. The van der Waals surface area contributed by atoms with Crippen molar-refractivity contribution in [2.45, 2.75) is 45.2 Å². The lowest BCUT2D eigenvalue weighted by Gasteiger charge is -2.32.